The van der Waals surface area contributed by atoms with E-state index in [0.29, 0.717) is 22.0 Å². The zero-order valence-corrected chi connectivity index (χ0v) is 16.8. The van der Waals surface area contributed by atoms with E-state index in [1.165, 1.54) is 28.1 Å². The van der Waals surface area contributed by atoms with Gasteiger partial charge in [0.15, 0.2) is 0 Å². The molecule has 2 aromatic carbocycles. The second-order valence-corrected chi connectivity index (χ2v) is 8.90. The maximum atomic E-state index is 6.50. The molecule has 1 N–H and O–H groups in total. The molecule has 0 amide bonds. The number of likely N-dealkylation sites (N-methyl/N-ethyl adjacent to an activating group) is 1. The fourth-order valence-electron chi connectivity index (χ4n) is 4.23. The van der Waals surface area contributed by atoms with E-state index in [9.17, 15) is 0 Å². The van der Waals surface area contributed by atoms with Crippen LogP contribution in [0.1, 0.15) is 24.8 Å². The highest BCUT2D eigenvalue weighted by Gasteiger charge is 2.39. The molecule has 2 heterocycles. The summed E-state index contributed by atoms with van der Waals surface area (Å²) in [6.07, 6.45) is 1.20. The minimum Gasteiger partial charge on any atom is -0.370 e. The Balaban J connectivity index is 1.87. The zero-order valence-electron chi connectivity index (χ0n) is 14.5. The molecule has 2 aliphatic rings. The number of nitrogens with one attached hydrogen (secondary N) is 1. The van der Waals surface area contributed by atoms with E-state index in [2.05, 4.69) is 36.3 Å². The lowest BCUT2D eigenvalue weighted by molar-refractivity contribution is 0.413. The third kappa shape index (κ3) is 3.06. The van der Waals surface area contributed by atoms with Crippen molar-refractivity contribution >= 4 is 40.7 Å². The summed E-state index contributed by atoms with van der Waals surface area (Å²) in [5.74, 6) is 1.61. The SMILES string of the molecule is CCSc1cc(-c2ccc(Cl)cc2Cl)cc2c1N(C)C1CCNCC21. The number of piperidine rings is 1. The molecule has 2 nitrogen and oxygen atoms in total. The number of benzene rings is 2. The number of fused-ring (bicyclic) bond motifs is 3. The first-order valence-electron chi connectivity index (χ1n) is 8.80. The standard InChI is InChI=1S/C20H22Cl2N2S/c1-3-25-19-9-12(14-5-4-13(21)10-17(14)22)8-15-16-11-23-7-6-18(16)24(2)20(15)19/h4-5,8-10,16,18,23H,3,6-7,11H2,1-2H3. The second-order valence-electron chi connectivity index (χ2n) is 6.75. The van der Waals surface area contributed by atoms with Gasteiger partial charge >= 0.3 is 0 Å². The van der Waals surface area contributed by atoms with Gasteiger partial charge in [-0.25, -0.2) is 0 Å². The summed E-state index contributed by atoms with van der Waals surface area (Å²) in [4.78, 5) is 3.87. The highest BCUT2D eigenvalue weighted by molar-refractivity contribution is 7.99. The Labute approximate surface area is 163 Å². The first kappa shape index (κ1) is 17.5. The van der Waals surface area contributed by atoms with Crippen LogP contribution in [0.4, 0.5) is 5.69 Å². The van der Waals surface area contributed by atoms with Crippen LogP contribution in [0.5, 0.6) is 0 Å². The van der Waals surface area contributed by atoms with E-state index in [-0.39, 0.29) is 0 Å². The Bertz CT molecular complexity index is 809. The first-order valence-corrected chi connectivity index (χ1v) is 10.5. The van der Waals surface area contributed by atoms with E-state index in [1.54, 1.807) is 0 Å². The van der Waals surface area contributed by atoms with Crippen LogP contribution in [-0.4, -0.2) is 31.9 Å². The summed E-state index contributed by atoms with van der Waals surface area (Å²) in [5.41, 5.74) is 5.12. The van der Waals surface area contributed by atoms with Gasteiger partial charge in [0.1, 0.15) is 0 Å². The maximum Gasteiger partial charge on any atom is 0.0541 e. The number of rotatable bonds is 3. The van der Waals surface area contributed by atoms with Crippen molar-refractivity contribution in [2.75, 3.05) is 30.8 Å². The fourth-order valence-corrected chi connectivity index (χ4v) is 5.66. The smallest absolute Gasteiger partial charge is 0.0541 e. The molecule has 2 aromatic rings. The molecular formula is C20H22Cl2N2S. The van der Waals surface area contributed by atoms with E-state index in [0.717, 1.165) is 24.4 Å². The molecule has 2 aliphatic heterocycles. The predicted molar refractivity (Wildman–Crippen MR) is 111 cm³/mol. The van der Waals surface area contributed by atoms with Crippen molar-refractivity contribution in [2.24, 2.45) is 0 Å². The van der Waals surface area contributed by atoms with Gasteiger partial charge < -0.3 is 10.2 Å². The monoisotopic (exact) mass is 392 g/mol. The average molecular weight is 393 g/mol. The molecule has 0 bridgehead atoms. The van der Waals surface area contributed by atoms with Gasteiger partial charge in [-0.3, -0.25) is 0 Å². The quantitative estimate of drug-likeness (QED) is 0.677. The number of halogens is 2. The number of hydrogen-bond acceptors (Lipinski definition) is 3. The van der Waals surface area contributed by atoms with Crippen molar-refractivity contribution < 1.29 is 0 Å². The Hall–Kier alpha value is -0.870. The third-order valence-corrected chi connectivity index (χ3v) is 6.80. The van der Waals surface area contributed by atoms with Gasteiger partial charge in [-0.1, -0.05) is 36.2 Å². The van der Waals surface area contributed by atoms with Gasteiger partial charge in [-0.05, 0) is 54.1 Å². The summed E-state index contributed by atoms with van der Waals surface area (Å²) in [7, 11) is 2.25. The molecule has 0 radical (unpaired) electrons. The lowest BCUT2D eigenvalue weighted by atomic mass is 9.89. The van der Waals surface area contributed by atoms with E-state index in [4.69, 9.17) is 23.2 Å². The Morgan fingerprint density at radius 1 is 1.24 bits per heavy atom. The minimum atomic E-state index is 0.552. The van der Waals surface area contributed by atoms with Gasteiger partial charge in [0.25, 0.3) is 0 Å². The largest absolute Gasteiger partial charge is 0.370 e. The van der Waals surface area contributed by atoms with E-state index >= 15 is 0 Å². The van der Waals surface area contributed by atoms with Crippen LogP contribution in [0.2, 0.25) is 10.0 Å². The van der Waals surface area contributed by atoms with Crippen molar-refractivity contribution in [1.82, 2.24) is 5.32 Å². The number of nitrogens with zero attached hydrogens (tertiary/aromatic N) is 1. The molecule has 1 saturated heterocycles. The van der Waals surface area contributed by atoms with E-state index < -0.39 is 0 Å². The maximum absolute atomic E-state index is 6.50. The molecule has 0 saturated carbocycles. The highest BCUT2D eigenvalue weighted by atomic mass is 35.5. The molecule has 4 rings (SSSR count). The topological polar surface area (TPSA) is 15.3 Å². The van der Waals surface area contributed by atoms with Crippen molar-refractivity contribution in [3.8, 4) is 11.1 Å². The lowest BCUT2D eigenvalue weighted by Gasteiger charge is -2.31. The van der Waals surface area contributed by atoms with Crippen LogP contribution >= 0.6 is 35.0 Å². The summed E-state index contributed by atoms with van der Waals surface area (Å²) in [6, 6.07) is 11.0. The van der Waals surface area contributed by atoms with Crippen LogP contribution in [-0.2, 0) is 0 Å². The Morgan fingerprint density at radius 2 is 2.08 bits per heavy atom. The molecule has 0 aromatic heterocycles. The number of hydrogen-bond donors (Lipinski definition) is 1. The van der Waals surface area contributed by atoms with Crippen LogP contribution in [0.25, 0.3) is 11.1 Å². The van der Waals surface area contributed by atoms with E-state index in [1.807, 2.05) is 30.0 Å². The zero-order chi connectivity index (χ0) is 17.6. The summed E-state index contributed by atoms with van der Waals surface area (Å²) in [5, 5.41) is 4.96. The Morgan fingerprint density at radius 3 is 2.84 bits per heavy atom. The molecule has 1 fully saturated rings. The first-order chi connectivity index (χ1) is 12.1. The number of thioether (sulfide) groups is 1. The van der Waals surface area contributed by atoms with Crippen LogP contribution in [0.15, 0.2) is 35.2 Å². The van der Waals surface area contributed by atoms with Crippen LogP contribution < -0.4 is 10.2 Å². The molecule has 2 unspecified atom stereocenters. The van der Waals surface area contributed by atoms with Crippen LogP contribution in [0, 0.1) is 0 Å². The van der Waals surface area contributed by atoms with Crippen molar-refractivity contribution in [1.29, 1.82) is 0 Å². The predicted octanol–water partition coefficient (Wildman–Crippen LogP) is 5.67. The lowest BCUT2D eigenvalue weighted by Crippen LogP contribution is -2.42. The van der Waals surface area contributed by atoms with Gasteiger partial charge in [0, 0.05) is 46.1 Å². The Kier molecular flexibility index (Phi) is 4.93. The molecule has 5 heteroatoms. The summed E-state index contributed by atoms with van der Waals surface area (Å²) in [6.45, 7) is 4.37. The summed E-state index contributed by atoms with van der Waals surface area (Å²) >= 11 is 14.5. The normalized spacial score (nSPS) is 22.0. The molecule has 0 aliphatic carbocycles. The minimum absolute atomic E-state index is 0.552. The summed E-state index contributed by atoms with van der Waals surface area (Å²) < 4.78 is 0. The highest BCUT2D eigenvalue weighted by Crippen LogP contribution is 2.49. The molecule has 132 valence electrons. The van der Waals surface area contributed by atoms with Crippen LogP contribution in [0.3, 0.4) is 0 Å². The fraction of sp³-hybridized carbons (Fsp3) is 0.400. The van der Waals surface area contributed by atoms with Crippen molar-refractivity contribution in [2.45, 2.75) is 30.2 Å². The average Bonchev–Trinajstić information content (AvgIpc) is 2.89. The molecular weight excluding hydrogens is 371 g/mol. The second kappa shape index (κ2) is 7.03. The van der Waals surface area contributed by atoms with Crippen molar-refractivity contribution in [3.63, 3.8) is 0 Å². The van der Waals surface area contributed by atoms with Crippen molar-refractivity contribution in [3.05, 3.63) is 45.9 Å². The van der Waals surface area contributed by atoms with Gasteiger partial charge in [-0.2, -0.15) is 0 Å². The molecule has 0 spiro atoms. The number of anilines is 1. The van der Waals surface area contributed by atoms with Gasteiger partial charge in [0.05, 0.1) is 5.69 Å². The van der Waals surface area contributed by atoms with Gasteiger partial charge in [0.2, 0.25) is 0 Å². The third-order valence-electron chi connectivity index (χ3n) is 5.34. The molecule has 25 heavy (non-hydrogen) atoms. The molecule has 2 atom stereocenters. The van der Waals surface area contributed by atoms with Gasteiger partial charge in [-0.15, -0.1) is 11.8 Å².